The number of rotatable bonds is 3. The zero-order chi connectivity index (χ0) is 13.7. The van der Waals surface area contributed by atoms with E-state index >= 15 is 0 Å². The number of hydrogen-bond acceptors (Lipinski definition) is 2. The van der Waals surface area contributed by atoms with Crippen LogP contribution in [0, 0.1) is 16.7 Å². The Hall–Kier alpha value is -0.0800. The first kappa shape index (κ1) is 13.9. The van der Waals surface area contributed by atoms with Crippen LogP contribution in [0.3, 0.4) is 0 Å². The van der Waals surface area contributed by atoms with E-state index in [2.05, 4.69) is 38.3 Å². The monoisotopic (exact) mass is 264 g/mol. The zero-order valence-electron chi connectivity index (χ0n) is 13.3. The highest BCUT2D eigenvalue weighted by atomic mass is 15.1. The van der Waals surface area contributed by atoms with Crippen molar-refractivity contribution < 1.29 is 0 Å². The molecule has 110 valence electrons. The third-order valence-corrected chi connectivity index (χ3v) is 6.83. The molecule has 1 aliphatic heterocycles. The molecule has 3 unspecified atom stereocenters. The fraction of sp³-hybridized carbons (Fsp3) is 1.00. The van der Waals surface area contributed by atoms with Crippen LogP contribution in [-0.2, 0) is 0 Å². The maximum atomic E-state index is 3.93. The fourth-order valence-electron chi connectivity index (χ4n) is 4.70. The number of hydrogen-bond donors (Lipinski definition) is 2. The zero-order valence-corrected chi connectivity index (χ0v) is 13.3. The number of nitrogens with one attached hydrogen (secondary N) is 2. The van der Waals surface area contributed by atoms with Crippen LogP contribution in [0.4, 0.5) is 0 Å². The Morgan fingerprint density at radius 2 is 1.63 bits per heavy atom. The van der Waals surface area contributed by atoms with E-state index < -0.39 is 0 Å². The van der Waals surface area contributed by atoms with Crippen LogP contribution in [0.5, 0.6) is 0 Å². The van der Waals surface area contributed by atoms with Crippen LogP contribution >= 0.6 is 0 Å². The summed E-state index contributed by atoms with van der Waals surface area (Å²) in [7, 11) is 0. The van der Waals surface area contributed by atoms with Gasteiger partial charge in [-0.3, -0.25) is 0 Å². The van der Waals surface area contributed by atoms with E-state index in [9.17, 15) is 0 Å². The molecule has 3 fully saturated rings. The minimum Gasteiger partial charge on any atom is -0.311 e. The topological polar surface area (TPSA) is 24.1 Å². The van der Waals surface area contributed by atoms with Gasteiger partial charge < -0.3 is 10.6 Å². The summed E-state index contributed by atoms with van der Waals surface area (Å²) in [6.45, 7) is 10.8. The second kappa shape index (κ2) is 4.73. The Balaban J connectivity index is 1.47. The molecule has 0 radical (unpaired) electrons. The molecule has 0 spiro atoms. The molecular weight excluding hydrogens is 232 g/mol. The Bertz CT molecular complexity index is 320. The third kappa shape index (κ3) is 2.35. The first-order chi connectivity index (χ1) is 8.93. The molecule has 0 aromatic rings. The van der Waals surface area contributed by atoms with Crippen LogP contribution < -0.4 is 10.6 Å². The largest absolute Gasteiger partial charge is 0.311 e. The van der Waals surface area contributed by atoms with E-state index in [1.165, 1.54) is 45.1 Å². The first-order valence-corrected chi connectivity index (χ1v) is 8.42. The smallest absolute Gasteiger partial charge is 0.0195 e. The average molecular weight is 264 g/mol. The lowest BCUT2D eigenvalue weighted by atomic mass is 9.78. The summed E-state index contributed by atoms with van der Waals surface area (Å²) in [5.74, 6) is 0.985. The van der Waals surface area contributed by atoms with Crippen molar-refractivity contribution in [2.24, 2.45) is 16.7 Å². The van der Waals surface area contributed by atoms with Gasteiger partial charge in [0.15, 0.2) is 0 Å². The van der Waals surface area contributed by atoms with Gasteiger partial charge in [0.2, 0.25) is 0 Å². The highest BCUT2D eigenvalue weighted by molar-refractivity contribution is 5.17. The molecule has 1 heterocycles. The Morgan fingerprint density at radius 3 is 2.32 bits per heavy atom. The summed E-state index contributed by atoms with van der Waals surface area (Å²) < 4.78 is 0. The molecule has 3 rings (SSSR count). The van der Waals surface area contributed by atoms with Crippen LogP contribution in [0.1, 0.15) is 66.2 Å². The van der Waals surface area contributed by atoms with Crippen molar-refractivity contribution in [3.05, 3.63) is 0 Å². The highest BCUT2D eigenvalue weighted by Gasteiger charge is 2.64. The average Bonchev–Trinajstić information content (AvgIpc) is 2.77. The fourth-order valence-corrected chi connectivity index (χ4v) is 4.70. The maximum Gasteiger partial charge on any atom is 0.0195 e. The van der Waals surface area contributed by atoms with Crippen LogP contribution in [0.25, 0.3) is 0 Å². The maximum absolute atomic E-state index is 3.93. The van der Waals surface area contributed by atoms with Crippen LogP contribution in [-0.4, -0.2) is 24.7 Å². The van der Waals surface area contributed by atoms with Gasteiger partial charge in [-0.25, -0.2) is 0 Å². The van der Waals surface area contributed by atoms with Gasteiger partial charge in [0.1, 0.15) is 0 Å². The predicted molar refractivity (Wildman–Crippen MR) is 81.3 cm³/mol. The van der Waals surface area contributed by atoms with Crippen molar-refractivity contribution in [3.8, 4) is 0 Å². The van der Waals surface area contributed by atoms with Crippen molar-refractivity contribution in [2.45, 2.75) is 84.3 Å². The van der Waals surface area contributed by atoms with Gasteiger partial charge in [0.05, 0.1) is 0 Å². The lowest BCUT2D eigenvalue weighted by Crippen LogP contribution is -2.52. The summed E-state index contributed by atoms with van der Waals surface area (Å²) >= 11 is 0. The molecule has 0 aromatic carbocycles. The van der Waals surface area contributed by atoms with Gasteiger partial charge in [0, 0.05) is 24.7 Å². The van der Waals surface area contributed by atoms with Crippen molar-refractivity contribution in [2.75, 3.05) is 6.54 Å². The molecule has 1 saturated heterocycles. The summed E-state index contributed by atoms with van der Waals surface area (Å²) in [5.41, 5.74) is 0.935. The van der Waals surface area contributed by atoms with E-state index in [1.54, 1.807) is 0 Å². The molecule has 2 saturated carbocycles. The standard InChI is InChI=1S/C17H32N2/c1-16(2)15(17(16,3)4)18-11-13-10-9-12-7-5-6-8-14(12)19-13/h12-15,18-19H,5-11H2,1-4H3. The summed E-state index contributed by atoms with van der Waals surface area (Å²) in [5, 5.41) is 7.77. The first-order valence-electron chi connectivity index (χ1n) is 8.42. The van der Waals surface area contributed by atoms with Gasteiger partial charge in [-0.15, -0.1) is 0 Å². The second-order valence-corrected chi connectivity index (χ2v) is 8.38. The normalized spacial score (nSPS) is 40.7. The van der Waals surface area contributed by atoms with E-state index in [0.29, 0.717) is 22.9 Å². The van der Waals surface area contributed by atoms with E-state index in [-0.39, 0.29) is 0 Å². The summed E-state index contributed by atoms with van der Waals surface area (Å²) in [6, 6.07) is 2.24. The second-order valence-electron chi connectivity index (χ2n) is 8.38. The molecule has 2 nitrogen and oxygen atoms in total. The molecule has 19 heavy (non-hydrogen) atoms. The Labute approximate surface area is 119 Å². The van der Waals surface area contributed by atoms with Gasteiger partial charge in [-0.05, 0) is 42.4 Å². The van der Waals surface area contributed by atoms with E-state index in [1.807, 2.05) is 0 Å². The van der Waals surface area contributed by atoms with Crippen LogP contribution in [0.2, 0.25) is 0 Å². The third-order valence-electron chi connectivity index (χ3n) is 6.83. The van der Waals surface area contributed by atoms with Crippen molar-refractivity contribution in [3.63, 3.8) is 0 Å². The van der Waals surface area contributed by atoms with Crippen molar-refractivity contribution >= 4 is 0 Å². The number of fused-ring (bicyclic) bond motifs is 1. The molecular formula is C17H32N2. The van der Waals surface area contributed by atoms with Crippen LogP contribution in [0.15, 0.2) is 0 Å². The molecule has 0 amide bonds. The Kier molecular flexibility index (Phi) is 3.46. The molecule has 0 aromatic heterocycles. The number of piperidine rings is 1. The SMILES string of the molecule is CC1(C)C(NCC2CCC3CCCCC3N2)C1(C)C. The molecule has 2 heteroatoms. The van der Waals surface area contributed by atoms with Gasteiger partial charge in [-0.1, -0.05) is 40.5 Å². The van der Waals surface area contributed by atoms with Gasteiger partial charge >= 0.3 is 0 Å². The summed E-state index contributed by atoms with van der Waals surface area (Å²) in [6.07, 6.45) is 8.64. The molecule has 0 bridgehead atoms. The molecule has 2 N–H and O–H groups in total. The molecule has 3 atom stereocenters. The van der Waals surface area contributed by atoms with Gasteiger partial charge in [0.25, 0.3) is 0 Å². The predicted octanol–water partition coefficient (Wildman–Crippen LogP) is 3.32. The van der Waals surface area contributed by atoms with Gasteiger partial charge in [-0.2, -0.15) is 0 Å². The molecule has 3 aliphatic rings. The lowest BCUT2D eigenvalue weighted by Gasteiger charge is -2.40. The minimum atomic E-state index is 0.467. The van der Waals surface area contributed by atoms with E-state index in [4.69, 9.17) is 0 Å². The Morgan fingerprint density at radius 1 is 0.947 bits per heavy atom. The summed E-state index contributed by atoms with van der Waals surface area (Å²) in [4.78, 5) is 0. The highest BCUT2D eigenvalue weighted by Crippen LogP contribution is 2.62. The van der Waals surface area contributed by atoms with Crippen molar-refractivity contribution in [1.29, 1.82) is 0 Å². The molecule has 2 aliphatic carbocycles. The quantitative estimate of drug-likeness (QED) is 0.817. The minimum absolute atomic E-state index is 0.467. The lowest BCUT2D eigenvalue weighted by molar-refractivity contribution is 0.173. The van der Waals surface area contributed by atoms with Crippen molar-refractivity contribution in [1.82, 2.24) is 10.6 Å². The van der Waals surface area contributed by atoms with E-state index in [0.717, 1.165) is 12.0 Å².